The molecule has 0 spiro atoms. The number of hydrogen-bond donors (Lipinski definition) is 0. The number of carbonyl (C=O) groups excluding carboxylic acids is 1. The van der Waals surface area contributed by atoms with Crippen molar-refractivity contribution in [2.24, 2.45) is 0 Å². The molecule has 0 N–H and O–H groups in total. The SMILES string of the molecule is O=C1CSC(c2cccc(F)c2)N1c1ccc(Cl)c(Cl)c1. The molecule has 1 aliphatic rings. The second kappa shape index (κ2) is 5.87. The maximum Gasteiger partial charge on any atom is 0.238 e. The summed E-state index contributed by atoms with van der Waals surface area (Å²) in [6.45, 7) is 0. The van der Waals surface area contributed by atoms with Gasteiger partial charge in [0.05, 0.1) is 15.8 Å². The highest BCUT2D eigenvalue weighted by molar-refractivity contribution is 8.00. The summed E-state index contributed by atoms with van der Waals surface area (Å²) >= 11 is 13.4. The van der Waals surface area contributed by atoms with Crippen molar-refractivity contribution in [3.63, 3.8) is 0 Å². The van der Waals surface area contributed by atoms with E-state index in [2.05, 4.69) is 0 Å². The van der Waals surface area contributed by atoms with Gasteiger partial charge in [-0.05, 0) is 35.9 Å². The number of benzene rings is 2. The molecule has 0 aliphatic carbocycles. The van der Waals surface area contributed by atoms with E-state index in [1.807, 2.05) is 6.07 Å². The molecule has 0 saturated carbocycles. The monoisotopic (exact) mass is 341 g/mol. The van der Waals surface area contributed by atoms with Crippen molar-refractivity contribution < 1.29 is 9.18 Å². The Hall–Kier alpha value is -1.23. The number of amides is 1. The lowest BCUT2D eigenvalue weighted by Gasteiger charge is -2.24. The van der Waals surface area contributed by atoms with E-state index in [0.717, 1.165) is 5.56 Å². The van der Waals surface area contributed by atoms with Crippen LogP contribution in [-0.2, 0) is 4.79 Å². The fraction of sp³-hybridized carbons (Fsp3) is 0.133. The van der Waals surface area contributed by atoms with Crippen molar-refractivity contribution in [1.82, 2.24) is 0 Å². The minimum atomic E-state index is -0.318. The smallest absolute Gasteiger partial charge is 0.238 e. The summed E-state index contributed by atoms with van der Waals surface area (Å²) in [7, 11) is 0. The van der Waals surface area contributed by atoms with Gasteiger partial charge in [-0.3, -0.25) is 9.69 Å². The predicted molar refractivity (Wildman–Crippen MR) is 85.5 cm³/mol. The average Bonchev–Trinajstić information content (AvgIpc) is 2.84. The summed E-state index contributed by atoms with van der Waals surface area (Å²) in [4.78, 5) is 13.8. The third kappa shape index (κ3) is 2.89. The van der Waals surface area contributed by atoms with Crippen LogP contribution in [-0.4, -0.2) is 11.7 Å². The molecule has 1 amide bonds. The normalized spacial score (nSPS) is 18.3. The van der Waals surface area contributed by atoms with E-state index in [1.165, 1.54) is 23.9 Å². The summed E-state index contributed by atoms with van der Waals surface area (Å²) in [6.07, 6.45) is 0. The third-order valence-electron chi connectivity index (χ3n) is 3.18. The zero-order valence-corrected chi connectivity index (χ0v) is 13.1. The second-order valence-electron chi connectivity index (χ2n) is 4.58. The van der Waals surface area contributed by atoms with E-state index < -0.39 is 0 Å². The molecule has 21 heavy (non-hydrogen) atoms. The topological polar surface area (TPSA) is 20.3 Å². The van der Waals surface area contributed by atoms with E-state index in [4.69, 9.17) is 23.2 Å². The second-order valence-corrected chi connectivity index (χ2v) is 6.46. The Labute approximate surface area is 135 Å². The molecule has 2 aromatic rings. The molecule has 0 bridgehead atoms. The molecule has 2 aromatic carbocycles. The predicted octanol–water partition coefficient (Wildman–Crippen LogP) is 4.91. The van der Waals surface area contributed by atoms with Crippen molar-refractivity contribution in [3.8, 4) is 0 Å². The highest BCUT2D eigenvalue weighted by Crippen LogP contribution is 2.42. The molecule has 6 heteroatoms. The van der Waals surface area contributed by atoms with Crippen molar-refractivity contribution in [2.45, 2.75) is 5.37 Å². The van der Waals surface area contributed by atoms with Gasteiger partial charge in [0.15, 0.2) is 0 Å². The first-order valence-electron chi connectivity index (χ1n) is 6.20. The Morgan fingerprint density at radius 2 is 1.95 bits per heavy atom. The molecule has 1 aliphatic heterocycles. The highest BCUT2D eigenvalue weighted by atomic mass is 35.5. The lowest BCUT2D eigenvalue weighted by molar-refractivity contribution is -0.115. The van der Waals surface area contributed by atoms with Crippen LogP contribution in [0.3, 0.4) is 0 Å². The molecule has 2 nitrogen and oxygen atoms in total. The van der Waals surface area contributed by atoms with Crippen LogP contribution in [0.25, 0.3) is 0 Å². The fourth-order valence-electron chi connectivity index (χ4n) is 2.24. The Balaban J connectivity index is 2.01. The van der Waals surface area contributed by atoms with E-state index in [9.17, 15) is 9.18 Å². The van der Waals surface area contributed by atoms with Gasteiger partial charge in [0, 0.05) is 5.69 Å². The molecule has 1 heterocycles. The van der Waals surface area contributed by atoms with Gasteiger partial charge in [-0.1, -0.05) is 35.3 Å². The Bertz CT molecular complexity index is 710. The molecule has 3 rings (SSSR count). The third-order valence-corrected chi connectivity index (χ3v) is 5.13. The Kier molecular flexibility index (Phi) is 4.11. The van der Waals surface area contributed by atoms with Gasteiger partial charge in [-0.25, -0.2) is 4.39 Å². The first-order chi connectivity index (χ1) is 10.1. The molecule has 1 saturated heterocycles. The molecular formula is C15H10Cl2FNOS. The lowest BCUT2D eigenvalue weighted by Crippen LogP contribution is -2.27. The minimum absolute atomic E-state index is 0.0346. The molecule has 1 fully saturated rings. The van der Waals surface area contributed by atoms with Crippen LogP contribution in [0.1, 0.15) is 10.9 Å². The molecule has 0 radical (unpaired) electrons. The molecule has 1 unspecified atom stereocenters. The van der Waals surface area contributed by atoms with Crippen molar-refractivity contribution >= 4 is 46.6 Å². The Morgan fingerprint density at radius 1 is 1.14 bits per heavy atom. The van der Waals surface area contributed by atoms with Crippen molar-refractivity contribution in [2.75, 3.05) is 10.7 Å². The maximum absolute atomic E-state index is 13.4. The Morgan fingerprint density at radius 3 is 2.67 bits per heavy atom. The highest BCUT2D eigenvalue weighted by Gasteiger charge is 2.34. The zero-order valence-electron chi connectivity index (χ0n) is 10.7. The fourth-order valence-corrected chi connectivity index (χ4v) is 3.70. The summed E-state index contributed by atoms with van der Waals surface area (Å²) in [5.41, 5.74) is 1.41. The van der Waals surface area contributed by atoms with Gasteiger partial charge in [0.2, 0.25) is 5.91 Å². The summed E-state index contributed by atoms with van der Waals surface area (Å²) < 4.78 is 13.4. The van der Waals surface area contributed by atoms with Crippen LogP contribution in [0, 0.1) is 5.82 Å². The van der Waals surface area contributed by atoms with Crippen LogP contribution in [0.4, 0.5) is 10.1 Å². The van der Waals surface area contributed by atoms with Gasteiger partial charge in [-0.15, -0.1) is 11.8 Å². The van der Waals surface area contributed by atoms with Crippen LogP contribution >= 0.6 is 35.0 Å². The number of halogens is 3. The minimum Gasteiger partial charge on any atom is -0.295 e. The molecule has 1 atom stereocenters. The standard InChI is InChI=1S/C15H10Cl2FNOS/c16-12-5-4-11(7-13(12)17)19-14(20)8-21-15(19)9-2-1-3-10(18)6-9/h1-7,15H,8H2. The summed E-state index contributed by atoms with van der Waals surface area (Å²) in [6, 6.07) is 11.3. The quantitative estimate of drug-likeness (QED) is 0.773. The maximum atomic E-state index is 13.4. The first kappa shape index (κ1) is 14.7. The average molecular weight is 342 g/mol. The number of hydrogen-bond acceptors (Lipinski definition) is 2. The van der Waals surface area contributed by atoms with Gasteiger partial charge in [-0.2, -0.15) is 0 Å². The summed E-state index contributed by atoms with van der Waals surface area (Å²) in [5.74, 6) is -0.00397. The van der Waals surface area contributed by atoms with Gasteiger partial charge in [0.25, 0.3) is 0 Å². The first-order valence-corrected chi connectivity index (χ1v) is 8.01. The van der Waals surface area contributed by atoms with E-state index in [1.54, 1.807) is 29.2 Å². The largest absolute Gasteiger partial charge is 0.295 e. The lowest BCUT2D eigenvalue weighted by atomic mass is 10.2. The zero-order chi connectivity index (χ0) is 15.0. The van der Waals surface area contributed by atoms with Crippen molar-refractivity contribution in [1.29, 1.82) is 0 Å². The molecule has 0 aromatic heterocycles. The number of thioether (sulfide) groups is 1. The van der Waals surface area contributed by atoms with Crippen LogP contribution in [0.5, 0.6) is 0 Å². The summed E-state index contributed by atoms with van der Waals surface area (Å²) in [5, 5.41) is 0.560. The van der Waals surface area contributed by atoms with Crippen LogP contribution in [0.2, 0.25) is 10.0 Å². The number of carbonyl (C=O) groups is 1. The molecule has 108 valence electrons. The van der Waals surface area contributed by atoms with Crippen molar-refractivity contribution in [3.05, 3.63) is 63.9 Å². The number of anilines is 1. The van der Waals surface area contributed by atoms with Crippen LogP contribution < -0.4 is 4.90 Å². The van der Waals surface area contributed by atoms with Gasteiger partial charge < -0.3 is 0 Å². The van der Waals surface area contributed by atoms with E-state index in [0.29, 0.717) is 21.5 Å². The van der Waals surface area contributed by atoms with Crippen LogP contribution in [0.15, 0.2) is 42.5 Å². The molecular weight excluding hydrogens is 332 g/mol. The number of nitrogens with zero attached hydrogens (tertiary/aromatic N) is 1. The van der Waals surface area contributed by atoms with E-state index in [-0.39, 0.29) is 17.1 Å². The van der Waals surface area contributed by atoms with Gasteiger partial charge in [0.1, 0.15) is 11.2 Å². The van der Waals surface area contributed by atoms with Gasteiger partial charge >= 0.3 is 0 Å². The number of rotatable bonds is 2. The van der Waals surface area contributed by atoms with E-state index >= 15 is 0 Å².